The van der Waals surface area contributed by atoms with Crippen LogP contribution in [0.25, 0.3) is 0 Å². The molecule has 0 aromatic heterocycles. The van der Waals surface area contributed by atoms with Crippen LogP contribution >= 0.6 is 0 Å². The number of benzene rings is 1. The van der Waals surface area contributed by atoms with Gasteiger partial charge in [0.15, 0.2) is 0 Å². The second-order valence-electron chi connectivity index (χ2n) is 3.91. The fourth-order valence-electron chi connectivity index (χ4n) is 1.78. The molecule has 1 aromatic rings. The molecule has 1 aliphatic heterocycles. The summed E-state index contributed by atoms with van der Waals surface area (Å²) in [5, 5.41) is 0. The first-order valence-electron chi connectivity index (χ1n) is 4.91. The normalized spacial score (nSPS) is 19.1. The van der Waals surface area contributed by atoms with Crippen molar-refractivity contribution in [1.82, 2.24) is 0 Å². The number of carbonyl (C=O) groups excluding carboxylic acids is 1. The predicted octanol–water partition coefficient (Wildman–Crippen LogP) is -1.15. The van der Waals surface area contributed by atoms with E-state index in [9.17, 15) is 17.7 Å². The Kier molecular flexibility index (Phi) is 4.88. The molecule has 1 atom stereocenters. The average Bonchev–Trinajstić information content (AvgIpc) is 2.15. The summed E-state index contributed by atoms with van der Waals surface area (Å²) in [5.41, 5.74) is -0.0111. The van der Waals surface area contributed by atoms with Gasteiger partial charge in [0.05, 0.1) is 5.56 Å². The van der Waals surface area contributed by atoms with E-state index in [0.29, 0.717) is 12.0 Å². The molecule has 1 unspecified atom stereocenters. The van der Waals surface area contributed by atoms with Crippen LogP contribution in [0.15, 0.2) is 18.2 Å². The van der Waals surface area contributed by atoms with Crippen LogP contribution in [0.4, 0.5) is 12.9 Å². The van der Waals surface area contributed by atoms with Gasteiger partial charge in [0.25, 0.3) is 0 Å². The van der Waals surface area contributed by atoms with Crippen LogP contribution in [0, 0.1) is 0 Å². The monoisotopic (exact) mass is 268 g/mol. The standard InChI is InChI=1S/C10H9BF3O2.K/c1-6-4-7-5-8(11(12,13)14)2-3-9(7)10(15)16-6;/h2-3,5-6H,4H2,1H3;/q-1;+1. The smallest absolute Gasteiger partial charge is 0.459 e. The summed E-state index contributed by atoms with van der Waals surface area (Å²) in [4.78, 5) is 11.4. The molecule has 17 heavy (non-hydrogen) atoms. The molecule has 2 nitrogen and oxygen atoms in total. The van der Waals surface area contributed by atoms with Gasteiger partial charge in [0.1, 0.15) is 6.10 Å². The number of fused-ring (bicyclic) bond motifs is 1. The van der Waals surface area contributed by atoms with E-state index in [-0.39, 0.29) is 63.1 Å². The first kappa shape index (κ1) is 15.2. The summed E-state index contributed by atoms with van der Waals surface area (Å²) >= 11 is 0. The third-order valence-corrected chi connectivity index (χ3v) is 2.54. The molecule has 86 valence electrons. The fourth-order valence-corrected chi connectivity index (χ4v) is 1.78. The molecule has 0 aliphatic carbocycles. The van der Waals surface area contributed by atoms with Gasteiger partial charge in [0, 0.05) is 6.42 Å². The van der Waals surface area contributed by atoms with Gasteiger partial charge >= 0.3 is 64.3 Å². The van der Waals surface area contributed by atoms with Gasteiger partial charge in [-0.1, -0.05) is 18.2 Å². The molecule has 0 N–H and O–H groups in total. The van der Waals surface area contributed by atoms with Crippen LogP contribution in [0.3, 0.4) is 0 Å². The average molecular weight is 268 g/mol. The van der Waals surface area contributed by atoms with Crippen LogP contribution in [0.2, 0.25) is 0 Å². The van der Waals surface area contributed by atoms with Crippen molar-refractivity contribution in [3.63, 3.8) is 0 Å². The first-order valence-corrected chi connectivity index (χ1v) is 4.91. The maximum atomic E-state index is 12.5. The molecule has 1 aromatic carbocycles. The molecule has 0 radical (unpaired) electrons. The number of hydrogen-bond acceptors (Lipinski definition) is 2. The minimum absolute atomic E-state index is 0. The molecule has 0 spiro atoms. The van der Waals surface area contributed by atoms with Gasteiger partial charge in [-0.25, -0.2) is 4.79 Å². The fraction of sp³-hybridized carbons (Fsp3) is 0.300. The predicted molar refractivity (Wildman–Crippen MR) is 53.7 cm³/mol. The Morgan fingerprint density at radius 3 is 2.59 bits per heavy atom. The molecule has 7 heteroatoms. The van der Waals surface area contributed by atoms with Gasteiger partial charge in [-0.15, -0.1) is 5.46 Å². The van der Waals surface area contributed by atoms with Crippen molar-refractivity contribution < 1.29 is 73.9 Å². The van der Waals surface area contributed by atoms with E-state index in [1.165, 1.54) is 6.07 Å². The van der Waals surface area contributed by atoms with Crippen molar-refractivity contribution >= 4 is 18.4 Å². The maximum Gasteiger partial charge on any atom is 1.00 e. The van der Waals surface area contributed by atoms with Gasteiger partial charge < -0.3 is 17.7 Å². The molecule has 0 saturated heterocycles. The molecule has 0 fully saturated rings. The number of hydrogen-bond donors (Lipinski definition) is 0. The summed E-state index contributed by atoms with van der Waals surface area (Å²) in [6.45, 7) is -3.35. The Balaban J connectivity index is 0.00000144. The Bertz CT molecular complexity index is 448. The SMILES string of the molecule is CC1Cc2cc([B-](F)(F)F)ccc2C(=O)O1.[K+]. The summed E-state index contributed by atoms with van der Waals surface area (Å²) in [6, 6.07) is 3.16. The summed E-state index contributed by atoms with van der Waals surface area (Å²) in [5.74, 6) is -0.546. The molecular formula is C10H9BF3KO2. The van der Waals surface area contributed by atoms with Crippen molar-refractivity contribution in [2.24, 2.45) is 0 Å². The van der Waals surface area contributed by atoms with Crippen molar-refractivity contribution in [3.8, 4) is 0 Å². The van der Waals surface area contributed by atoms with E-state index < -0.39 is 18.4 Å². The minimum Gasteiger partial charge on any atom is -0.459 e. The first-order chi connectivity index (χ1) is 7.38. The Labute approximate surface area is 139 Å². The van der Waals surface area contributed by atoms with Gasteiger partial charge in [0.2, 0.25) is 0 Å². The molecule has 1 aliphatic rings. The van der Waals surface area contributed by atoms with E-state index in [0.717, 1.165) is 12.1 Å². The zero-order valence-electron chi connectivity index (χ0n) is 9.54. The van der Waals surface area contributed by atoms with Crippen molar-refractivity contribution in [3.05, 3.63) is 29.3 Å². The number of esters is 1. The number of cyclic esters (lactones) is 1. The number of rotatable bonds is 1. The third-order valence-electron chi connectivity index (χ3n) is 2.54. The molecule has 0 amide bonds. The van der Waals surface area contributed by atoms with Crippen LogP contribution in [-0.2, 0) is 11.2 Å². The van der Waals surface area contributed by atoms with E-state index in [1.54, 1.807) is 6.92 Å². The number of halogens is 3. The van der Waals surface area contributed by atoms with Crippen LogP contribution in [0.5, 0.6) is 0 Å². The zero-order chi connectivity index (χ0) is 11.9. The van der Waals surface area contributed by atoms with E-state index in [2.05, 4.69) is 0 Å². The van der Waals surface area contributed by atoms with Crippen molar-refractivity contribution in [2.45, 2.75) is 19.4 Å². The van der Waals surface area contributed by atoms with E-state index >= 15 is 0 Å². The third kappa shape index (κ3) is 3.35. The van der Waals surface area contributed by atoms with E-state index in [4.69, 9.17) is 4.74 Å². The van der Waals surface area contributed by atoms with Gasteiger partial charge in [-0.05, 0) is 12.5 Å². The van der Waals surface area contributed by atoms with Gasteiger partial charge in [-0.2, -0.15) is 0 Å². The topological polar surface area (TPSA) is 26.3 Å². The molecular weight excluding hydrogens is 259 g/mol. The van der Waals surface area contributed by atoms with Crippen LogP contribution in [0.1, 0.15) is 22.8 Å². The maximum absolute atomic E-state index is 12.5. The largest absolute Gasteiger partial charge is 1.00 e. The second-order valence-corrected chi connectivity index (χ2v) is 3.91. The van der Waals surface area contributed by atoms with Crippen LogP contribution in [-0.4, -0.2) is 19.1 Å². The molecule has 0 bridgehead atoms. The van der Waals surface area contributed by atoms with Gasteiger partial charge in [-0.3, -0.25) is 0 Å². The molecule has 0 saturated carbocycles. The summed E-state index contributed by atoms with van der Waals surface area (Å²) < 4.78 is 42.4. The molecule has 2 rings (SSSR count). The van der Waals surface area contributed by atoms with E-state index in [1.807, 2.05) is 0 Å². The molecule has 1 heterocycles. The van der Waals surface area contributed by atoms with Crippen LogP contribution < -0.4 is 56.8 Å². The Morgan fingerprint density at radius 2 is 2.00 bits per heavy atom. The Hall–Kier alpha value is 0.181. The summed E-state index contributed by atoms with van der Waals surface area (Å²) in [6.07, 6.45) is -0.0304. The number of carbonyl (C=O) groups is 1. The minimum atomic E-state index is -5.01. The zero-order valence-corrected chi connectivity index (χ0v) is 12.7. The summed E-state index contributed by atoms with van der Waals surface area (Å²) in [7, 11) is 0. The van der Waals surface area contributed by atoms with Crippen molar-refractivity contribution in [2.75, 3.05) is 0 Å². The Morgan fingerprint density at radius 1 is 1.35 bits per heavy atom. The number of ether oxygens (including phenoxy) is 1. The quantitative estimate of drug-likeness (QED) is 0.475. The van der Waals surface area contributed by atoms with Crippen molar-refractivity contribution in [1.29, 1.82) is 0 Å². The second kappa shape index (κ2) is 5.44.